The Morgan fingerprint density at radius 3 is 2.60 bits per heavy atom. The first-order valence-corrected chi connectivity index (χ1v) is 18.9. The number of ether oxygens (including phenoxy) is 1. The van der Waals surface area contributed by atoms with Crippen LogP contribution in [0.1, 0.15) is 90.5 Å². The van der Waals surface area contributed by atoms with E-state index in [9.17, 15) is 23.9 Å². The fraction of sp³-hybridized carbons (Fsp3) is 0.476. The lowest BCUT2D eigenvalue weighted by Crippen LogP contribution is -2.50. The van der Waals surface area contributed by atoms with E-state index < -0.39 is 11.7 Å². The highest BCUT2D eigenvalue weighted by Crippen LogP contribution is 2.61. The number of amides is 2. The van der Waals surface area contributed by atoms with Gasteiger partial charge in [0.25, 0.3) is 11.5 Å². The number of rotatable bonds is 8. The average molecular weight is 707 g/mol. The van der Waals surface area contributed by atoms with E-state index in [1.54, 1.807) is 34.1 Å². The first kappa shape index (κ1) is 34.5. The van der Waals surface area contributed by atoms with Crippen LogP contribution in [0.2, 0.25) is 0 Å². The summed E-state index contributed by atoms with van der Waals surface area (Å²) in [5, 5.41) is 18.0. The Kier molecular flexibility index (Phi) is 9.36. The van der Waals surface area contributed by atoms with E-state index >= 15 is 0 Å². The predicted octanol–water partition coefficient (Wildman–Crippen LogP) is 6.36. The van der Waals surface area contributed by atoms with Gasteiger partial charge in [-0.1, -0.05) is 37.3 Å². The van der Waals surface area contributed by atoms with E-state index in [4.69, 9.17) is 4.74 Å². The molecule has 0 spiro atoms. The molecule has 8 rings (SSSR count). The number of hydrogen-bond acceptors (Lipinski definition) is 6. The van der Waals surface area contributed by atoms with Gasteiger partial charge in [0, 0.05) is 51.0 Å². The van der Waals surface area contributed by atoms with Crippen molar-refractivity contribution < 1.29 is 23.8 Å². The Labute approximate surface area is 303 Å². The van der Waals surface area contributed by atoms with E-state index in [0.717, 1.165) is 25.7 Å². The van der Waals surface area contributed by atoms with Crippen LogP contribution in [0.15, 0.2) is 65.5 Å². The molecule has 0 unspecified atom stereocenters. The molecule has 2 amide bonds. The van der Waals surface area contributed by atoms with Gasteiger partial charge in [-0.15, -0.1) is 0 Å². The van der Waals surface area contributed by atoms with Crippen molar-refractivity contribution in [1.82, 2.24) is 20.0 Å². The average Bonchev–Trinajstić information content (AvgIpc) is 3.50. The molecule has 1 saturated heterocycles. The van der Waals surface area contributed by atoms with E-state index in [-0.39, 0.29) is 28.5 Å². The number of hydrogen-bond donors (Lipinski definition) is 2. The molecule has 3 aliphatic carbocycles. The Morgan fingerprint density at radius 2 is 1.77 bits per heavy atom. The Hall–Kier alpha value is -4.57. The number of nitrogens with zero attached hydrogens (tertiary/aromatic N) is 3. The maximum Gasteiger partial charge on any atom is 0.272 e. The number of piperazine rings is 1. The van der Waals surface area contributed by atoms with Gasteiger partial charge in [0.05, 0.1) is 22.7 Å². The fourth-order valence-corrected chi connectivity index (χ4v) is 10.1. The zero-order valence-electron chi connectivity index (χ0n) is 29.8. The minimum absolute atomic E-state index is 0.00641. The number of carbonyl (C=O) groups excluding carboxylic acids is 2. The monoisotopic (exact) mass is 706 g/mol. The van der Waals surface area contributed by atoms with Crippen LogP contribution in [0.3, 0.4) is 0 Å². The molecule has 3 aromatic carbocycles. The molecule has 272 valence electrons. The van der Waals surface area contributed by atoms with Crippen LogP contribution in [-0.4, -0.2) is 75.8 Å². The molecule has 10 heteroatoms. The number of benzene rings is 3. The maximum atomic E-state index is 15.0. The number of H-pyrrole nitrogens is 1. The highest BCUT2D eigenvalue weighted by molar-refractivity contribution is 5.95. The third kappa shape index (κ3) is 6.39. The van der Waals surface area contributed by atoms with Gasteiger partial charge < -0.3 is 19.6 Å². The summed E-state index contributed by atoms with van der Waals surface area (Å²) in [4.78, 5) is 42.2. The van der Waals surface area contributed by atoms with Gasteiger partial charge in [-0.05, 0) is 115 Å². The zero-order chi connectivity index (χ0) is 36.0. The van der Waals surface area contributed by atoms with Gasteiger partial charge >= 0.3 is 0 Å². The summed E-state index contributed by atoms with van der Waals surface area (Å²) in [6.07, 6.45) is 8.38. The molecule has 3 fully saturated rings. The third-order valence-corrected chi connectivity index (χ3v) is 12.8. The van der Waals surface area contributed by atoms with Gasteiger partial charge in [-0.2, -0.15) is 5.10 Å². The highest BCUT2D eigenvalue weighted by atomic mass is 19.1. The number of phenols is 1. The van der Waals surface area contributed by atoms with Gasteiger partial charge in [0.1, 0.15) is 11.6 Å². The first-order chi connectivity index (χ1) is 25.2. The number of aromatic amines is 1. The van der Waals surface area contributed by atoms with Gasteiger partial charge in [0.2, 0.25) is 5.91 Å². The first-order valence-electron chi connectivity index (χ1n) is 18.9. The van der Waals surface area contributed by atoms with E-state index in [2.05, 4.69) is 23.2 Å². The smallest absolute Gasteiger partial charge is 0.272 e. The van der Waals surface area contributed by atoms with Crippen molar-refractivity contribution in [3.8, 4) is 5.75 Å². The minimum Gasteiger partial charge on any atom is -0.508 e. The number of aromatic hydroxyl groups is 1. The Morgan fingerprint density at radius 1 is 0.981 bits per heavy atom. The molecule has 0 radical (unpaired) electrons. The van der Waals surface area contributed by atoms with Gasteiger partial charge in [-0.25, -0.2) is 9.49 Å². The lowest BCUT2D eigenvalue weighted by atomic mass is 9.55. The summed E-state index contributed by atoms with van der Waals surface area (Å²) in [7, 11) is 0. The van der Waals surface area contributed by atoms with Crippen molar-refractivity contribution in [2.75, 3.05) is 32.8 Å². The van der Waals surface area contributed by atoms with Crippen LogP contribution in [-0.2, 0) is 22.4 Å². The zero-order valence-corrected chi connectivity index (χ0v) is 29.8. The van der Waals surface area contributed by atoms with Crippen LogP contribution >= 0.6 is 0 Å². The molecule has 9 nitrogen and oxygen atoms in total. The SMILES string of the molecule is C[C@]12CC[C@@H]3c4ccc(O)cc4CC[C@H]3[C@@H]1CC[C@@H]2OCCCC(=O)N1CCN(C(=O)c2cc(Cc3n[nH]c(=O)c4ccccc34)ccc2F)CC1. The summed E-state index contributed by atoms with van der Waals surface area (Å²) in [6, 6.07) is 17.6. The maximum absolute atomic E-state index is 15.0. The van der Waals surface area contributed by atoms with Crippen LogP contribution in [0, 0.1) is 23.1 Å². The molecule has 1 aliphatic heterocycles. The van der Waals surface area contributed by atoms with E-state index in [1.807, 2.05) is 24.3 Å². The molecule has 0 bridgehead atoms. The molecular formula is C42H47FN4O5. The summed E-state index contributed by atoms with van der Waals surface area (Å²) in [5.74, 6) is 1.32. The Balaban J connectivity index is 0.809. The van der Waals surface area contributed by atoms with Crippen molar-refractivity contribution in [3.63, 3.8) is 0 Å². The van der Waals surface area contributed by atoms with Crippen LogP contribution in [0.25, 0.3) is 10.8 Å². The highest BCUT2D eigenvalue weighted by Gasteiger charge is 2.55. The third-order valence-electron chi connectivity index (χ3n) is 12.8. The van der Waals surface area contributed by atoms with Crippen molar-refractivity contribution >= 4 is 22.6 Å². The molecule has 4 aliphatic rings. The molecule has 2 saturated carbocycles. The molecular weight excluding hydrogens is 659 g/mol. The minimum atomic E-state index is -0.591. The number of carbonyl (C=O) groups is 2. The quantitative estimate of drug-likeness (QED) is 0.206. The molecule has 5 atom stereocenters. The second-order valence-electron chi connectivity index (χ2n) is 15.6. The van der Waals surface area contributed by atoms with Crippen LogP contribution in [0.5, 0.6) is 5.75 Å². The summed E-state index contributed by atoms with van der Waals surface area (Å²) < 4.78 is 21.5. The van der Waals surface area contributed by atoms with Crippen LogP contribution in [0.4, 0.5) is 4.39 Å². The lowest BCUT2D eigenvalue weighted by Gasteiger charge is -2.50. The number of aromatic nitrogens is 2. The fourth-order valence-electron chi connectivity index (χ4n) is 10.1. The molecule has 1 aromatic heterocycles. The van der Waals surface area contributed by atoms with Crippen molar-refractivity contribution in [3.05, 3.63) is 105 Å². The molecule has 52 heavy (non-hydrogen) atoms. The van der Waals surface area contributed by atoms with Gasteiger partial charge in [0.15, 0.2) is 0 Å². The lowest BCUT2D eigenvalue weighted by molar-refractivity contribution is -0.133. The van der Waals surface area contributed by atoms with E-state index in [1.165, 1.54) is 30.0 Å². The number of halogens is 1. The number of fused-ring (bicyclic) bond motifs is 6. The number of aryl methyl sites for hydroxylation is 1. The summed E-state index contributed by atoms with van der Waals surface area (Å²) in [6.45, 7) is 4.49. The predicted molar refractivity (Wildman–Crippen MR) is 196 cm³/mol. The number of phenolic OH excluding ortho intramolecular Hbond substituents is 1. The normalized spacial score (nSPS) is 25.4. The summed E-state index contributed by atoms with van der Waals surface area (Å²) in [5.41, 5.74) is 3.99. The van der Waals surface area contributed by atoms with Crippen molar-refractivity contribution in [2.45, 2.75) is 76.7 Å². The number of nitrogens with one attached hydrogen (secondary N) is 1. The van der Waals surface area contributed by atoms with Crippen LogP contribution < -0.4 is 5.56 Å². The molecule has 4 aromatic rings. The second kappa shape index (κ2) is 14.1. The van der Waals surface area contributed by atoms with Crippen molar-refractivity contribution in [2.24, 2.45) is 17.3 Å². The Bertz CT molecular complexity index is 2060. The topological polar surface area (TPSA) is 116 Å². The standard InChI is InChI=1S/C42H47FN4O5/c1-42-17-16-30-29-12-10-28(48)25-27(29)9-11-31(30)35(42)13-15-38(42)52-22-4-7-39(49)46-18-20-47(21-19-46)41(51)34-23-26(8-14-36(34)43)24-37-32-5-2-3-6-33(32)40(50)45-44-37/h2-3,5-6,8,10,12,14,23,25,30-31,35,38,48H,4,7,9,11,13,15-22,24H2,1H3,(H,45,50)/t30-,31-,35+,38+,42+/m1/s1. The van der Waals surface area contributed by atoms with Crippen molar-refractivity contribution in [1.29, 1.82) is 0 Å². The second-order valence-corrected chi connectivity index (χ2v) is 15.6. The van der Waals surface area contributed by atoms with Gasteiger partial charge in [-0.3, -0.25) is 14.4 Å². The van der Waals surface area contributed by atoms with E-state index in [0.29, 0.717) is 97.6 Å². The molecule has 2 N–H and O–H groups in total. The summed E-state index contributed by atoms with van der Waals surface area (Å²) >= 11 is 0. The largest absolute Gasteiger partial charge is 0.508 e. The molecule has 2 heterocycles.